The minimum absolute atomic E-state index is 0.0908. The van der Waals surface area contributed by atoms with Gasteiger partial charge in [0.15, 0.2) is 0 Å². The van der Waals surface area contributed by atoms with Gasteiger partial charge in [-0.25, -0.2) is 8.42 Å². The van der Waals surface area contributed by atoms with E-state index in [0.29, 0.717) is 12.2 Å². The Morgan fingerprint density at radius 2 is 2.00 bits per heavy atom. The summed E-state index contributed by atoms with van der Waals surface area (Å²) in [6.07, 6.45) is 2.64. The second-order valence-corrected chi connectivity index (χ2v) is 7.96. The van der Waals surface area contributed by atoms with Gasteiger partial charge in [0.25, 0.3) is 0 Å². The van der Waals surface area contributed by atoms with Gasteiger partial charge in [-0.3, -0.25) is 4.79 Å². The fourth-order valence-corrected chi connectivity index (χ4v) is 4.17. The van der Waals surface area contributed by atoms with Crippen molar-refractivity contribution in [2.75, 3.05) is 38.5 Å². The summed E-state index contributed by atoms with van der Waals surface area (Å²) < 4.78 is 26.6. The molecular formula is C15H21N3O3S. The highest BCUT2D eigenvalue weighted by Crippen LogP contribution is 2.26. The molecule has 3 rings (SSSR count). The molecular weight excluding hydrogens is 302 g/mol. The maximum absolute atomic E-state index is 12.6. The van der Waals surface area contributed by atoms with Gasteiger partial charge in [-0.2, -0.15) is 4.31 Å². The lowest BCUT2D eigenvalue weighted by molar-refractivity contribution is -0.115. The summed E-state index contributed by atoms with van der Waals surface area (Å²) in [5, 5.41) is 2.71. The molecule has 1 amide bonds. The molecule has 0 unspecified atom stereocenters. The van der Waals surface area contributed by atoms with Crippen LogP contribution in [0.1, 0.15) is 18.4 Å². The van der Waals surface area contributed by atoms with Crippen molar-refractivity contribution in [3.8, 4) is 0 Å². The Bertz CT molecular complexity index is 681. The SMILES string of the molecule is CN(CCN1CCCC1)S(=O)(=O)c1ccc2c(c1)CC(=O)N2. The molecule has 1 saturated heterocycles. The van der Waals surface area contributed by atoms with E-state index in [1.165, 1.54) is 17.1 Å². The van der Waals surface area contributed by atoms with Gasteiger partial charge in [0.1, 0.15) is 0 Å². The molecule has 0 radical (unpaired) electrons. The quantitative estimate of drug-likeness (QED) is 0.874. The minimum atomic E-state index is -3.50. The van der Waals surface area contributed by atoms with Crippen molar-refractivity contribution in [2.45, 2.75) is 24.2 Å². The predicted molar refractivity (Wildman–Crippen MR) is 84.3 cm³/mol. The van der Waals surface area contributed by atoms with E-state index in [4.69, 9.17) is 0 Å². The fraction of sp³-hybridized carbons (Fsp3) is 0.533. The number of anilines is 1. The normalized spacial score (nSPS) is 18.7. The van der Waals surface area contributed by atoms with Crippen LogP contribution in [0.25, 0.3) is 0 Å². The zero-order chi connectivity index (χ0) is 15.7. The fourth-order valence-electron chi connectivity index (χ4n) is 2.95. The maximum Gasteiger partial charge on any atom is 0.242 e. The molecule has 6 nitrogen and oxygen atoms in total. The van der Waals surface area contributed by atoms with Crippen LogP contribution in [0.15, 0.2) is 23.1 Å². The van der Waals surface area contributed by atoms with E-state index in [1.54, 1.807) is 25.2 Å². The van der Waals surface area contributed by atoms with Crippen LogP contribution in [-0.2, 0) is 21.2 Å². The number of amides is 1. The lowest BCUT2D eigenvalue weighted by atomic mass is 10.2. The molecule has 7 heteroatoms. The number of sulfonamides is 1. The summed E-state index contributed by atoms with van der Waals surface area (Å²) in [5.41, 5.74) is 1.46. The highest BCUT2D eigenvalue weighted by Gasteiger charge is 2.25. The third kappa shape index (κ3) is 3.02. The van der Waals surface area contributed by atoms with Crippen molar-refractivity contribution in [3.63, 3.8) is 0 Å². The lowest BCUT2D eigenvalue weighted by Crippen LogP contribution is -2.35. The predicted octanol–water partition coefficient (Wildman–Crippen LogP) is 0.897. The molecule has 0 aliphatic carbocycles. The molecule has 1 aromatic carbocycles. The highest BCUT2D eigenvalue weighted by molar-refractivity contribution is 7.89. The zero-order valence-electron chi connectivity index (χ0n) is 12.7. The number of nitrogens with one attached hydrogen (secondary N) is 1. The summed E-state index contributed by atoms with van der Waals surface area (Å²) in [6, 6.07) is 4.84. The molecule has 0 bridgehead atoms. The number of hydrogen-bond donors (Lipinski definition) is 1. The van der Waals surface area contributed by atoms with E-state index < -0.39 is 10.0 Å². The molecule has 0 spiro atoms. The van der Waals surface area contributed by atoms with Gasteiger partial charge in [-0.15, -0.1) is 0 Å². The van der Waals surface area contributed by atoms with E-state index in [2.05, 4.69) is 10.2 Å². The minimum Gasteiger partial charge on any atom is -0.326 e. The number of fused-ring (bicyclic) bond motifs is 1. The summed E-state index contributed by atoms with van der Waals surface area (Å²) >= 11 is 0. The number of benzene rings is 1. The average molecular weight is 323 g/mol. The summed E-state index contributed by atoms with van der Waals surface area (Å²) in [5.74, 6) is -0.0908. The molecule has 120 valence electrons. The van der Waals surface area contributed by atoms with Crippen LogP contribution < -0.4 is 5.32 Å². The number of hydrogen-bond acceptors (Lipinski definition) is 4. The number of likely N-dealkylation sites (tertiary alicyclic amines) is 1. The van der Waals surface area contributed by atoms with Crippen molar-refractivity contribution >= 4 is 21.6 Å². The second kappa shape index (κ2) is 5.98. The van der Waals surface area contributed by atoms with E-state index in [-0.39, 0.29) is 17.2 Å². The summed E-state index contributed by atoms with van der Waals surface area (Å²) in [7, 11) is -1.89. The Balaban J connectivity index is 1.71. The maximum atomic E-state index is 12.6. The Morgan fingerprint density at radius 3 is 2.73 bits per heavy atom. The molecule has 1 fully saturated rings. The largest absolute Gasteiger partial charge is 0.326 e. The van der Waals surface area contributed by atoms with Crippen molar-refractivity contribution in [2.24, 2.45) is 0 Å². The monoisotopic (exact) mass is 323 g/mol. The first-order valence-corrected chi connectivity index (χ1v) is 9.02. The number of rotatable bonds is 5. The average Bonchev–Trinajstić information content (AvgIpc) is 3.11. The van der Waals surface area contributed by atoms with E-state index in [1.807, 2.05) is 0 Å². The Labute approximate surface area is 131 Å². The number of likely N-dealkylation sites (N-methyl/N-ethyl adjacent to an activating group) is 1. The third-order valence-corrected chi connectivity index (χ3v) is 6.19. The second-order valence-electron chi connectivity index (χ2n) is 5.92. The molecule has 1 N–H and O–H groups in total. The van der Waals surface area contributed by atoms with Crippen molar-refractivity contribution in [1.29, 1.82) is 0 Å². The molecule has 22 heavy (non-hydrogen) atoms. The molecule has 0 atom stereocenters. The Kier molecular flexibility index (Phi) is 4.20. The van der Waals surface area contributed by atoms with Gasteiger partial charge in [-0.1, -0.05) is 0 Å². The van der Waals surface area contributed by atoms with Gasteiger partial charge in [0.2, 0.25) is 15.9 Å². The van der Waals surface area contributed by atoms with Crippen molar-refractivity contribution < 1.29 is 13.2 Å². The van der Waals surface area contributed by atoms with Crippen LogP contribution >= 0.6 is 0 Å². The van der Waals surface area contributed by atoms with E-state index in [0.717, 1.165) is 25.2 Å². The van der Waals surface area contributed by atoms with Gasteiger partial charge in [-0.05, 0) is 49.7 Å². The lowest BCUT2D eigenvalue weighted by Gasteiger charge is -2.21. The van der Waals surface area contributed by atoms with Crippen LogP contribution in [-0.4, -0.2) is 56.8 Å². The Morgan fingerprint density at radius 1 is 1.27 bits per heavy atom. The molecule has 0 saturated carbocycles. The van der Waals surface area contributed by atoms with Crippen LogP contribution in [0.2, 0.25) is 0 Å². The molecule has 0 aromatic heterocycles. The van der Waals surface area contributed by atoms with E-state index >= 15 is 0 Å². The van der Waals surface area contributed by atoms with Crippen LogP contribution in [0.3, 0.4) is 0 Å². The van der Waals surface area contributed by atoms with Gasteiger partial charge in [0.05, 0.1) is 11.3 Å². The first-order valence-electron chi connectivity index (χ1n) is 7.58. The van der Waals surface area contributed by atoms with Gasteiger partial charge in [0, 0.05) is 25.8 Å². The van der Waals surface area contributed by atoms with Crippen LogP contribution in [0.5, 0.6) is 0 Å². The molecule has 2 aliphatic rings. The number of carbonyl (C=O) groups is 1. The molecule has 2 heterocycles. The summed E-state index contributed by atoms with van der Waals surface area (Å²) in [6.45, 7) is 3.36. The first-order chi connectivity index (χ1) is 10.5. The standard InChI is InChI=1S/C15H21N3O3S/c1-17(8-9-18-6-2-3-7-18)22(20,21)13-4-5-14-12(10-13)11-15(19)16-14/h4-5,10H,2-3,6-9,11H2,1H3,(H,16,19). The topological polar surface area (TPSA) is 69.7 Å². The third-order valence-electron chi connectivity index (χ3n) is 4.34. The van der Waals surface area contributed by atoms with Gasteiger partial charge < -0.3 is 10.2 Å². The summed E-state index contributed by atoms with van der Waals surface area (Å²) in [4.78, 5) is 13.9. The zero-order valence-corrected chi connectivity index (χ0v) is 13.5. The van der Waals surface area contributed by atoms with Gasteiger partial charge >= 0.3 is 0 Å². The van der Waals surface area contributed by atoms with Crippen LogP contribution in [0, 0.1) is 0 Å². The molecule has 2 aliphatic heterocycles. The van der Waals surface area contributed by atoms with Crippen molar-refractivity contribution in [1.82, 2.24) is 9.21 Å². The van der Waals surface area contributed by atoms with Crippen LogP contribution in [0.4, 0.5) is 5.69 Å². The highest BCUT2D eigenvalue weighted by atomic mass is 32.2. The van der Waals surface area contributed by atoms with E-state index in [9.17, 15) is 13.2 Å². The number of carbonyl (C=O) groups excluding carboxylic acids is 1. The first kappa shape index (κ1) is 15.5. The smallest absolute Gasteiger partial charge is 0.242 e. The molecule has 1 aromatic rings. The van der Waals surface area contributed by atoms with Crippen molar-refractivity contribution in [3.05, 3.63) is 23.8 Å². The Hall–Kier alpha value is -1.44. The number of nitrogens with zero attached hydrogens (tertiary/aromatic N) is 2.